The van der Waals surface area contributed by atoms with Crippen molar-refractivity contribution < 1.29 is 13.5 Å². The van der Waals surface area contributed by atoms with E-state index in [0.29, 0.717) is 5.56 Å². The molecule has 2 rings (SSSR count). The Morgan fingerprint density at radius 3 is 2.92 bits per heavy atom. The molecule has 2 nitrogen and oxygen atoms in total. The molecular formula is C8H7F2NO. The quantitative estimate of drug-likeness (QED) is 0.639. The van der Waals surface area contributed by atoms with Crippen molar-refractivity contribution in [2.45, 2.75) is 6.04 Å². The Bertz CT molecular complexity index is 327. The Hall–Kier alpha value is -1.16. The molecule has 1 aromatic carbocycles. The highest BCUT2D eigenvalue weighted by Crippen LogP contribution is 2.33. The van der Waals surface area contributed by atoms with Crippen LogP contribution < -0.4 is 10.5 Å². The first-order chi connectivity index (χ1) is 5.68. The molecule has 0 fully saturated rings. The van der Waals surface area contributed by atoms with Gasteiger partial charge < -0.3 is 10.5 Å². The summed E-state index contributed by atoms with van der Waals surface area (Å²) in [4.78, 5) is 0. The van der Waals surface area contributed by atoms with Crippen LogP contribution in [0.25, 0.3) is 0 Å². The topological polar surface area (TPSA) is 35.2 Å². The first kappa shape index (κ1) is 7.49. The minimum atomic E-state index is -0.682. The average Bonchev–Trinajstić information content (AvgIpc) is 2.33. The Morgan fingerprint density at radius 2 is 2.17 bits per heavy atom. The van der Waals surface area contributed by atoms with Gasteiger partial charge in [-0.15, -0.1) is 0 Å². The summed E-state index contributed by atoms with van der Waals surface area (Å²) in [7, 11) is 0. The lowest BCUT2D eigenvalue weighted by molar-refractivity contribution is 0.319. The van der Waals surface area contributed by atoms with Gasteiger partial charge in [0.05, 0.1) is 6.04 Å². The van der Waals surface area contributed by atoms with Gasteiger partial charge in [-0.2, -0.15) is 0 Å². The smallest absolute Gasteiger partial charge is 0.168 e. The Morgan fingerprint density at radius 1 is 1.42 bits per heavy atom. The van der Waals surface area contributed by atoms with Crippen LogP contribution in [0.5, 0.6) is 5.75 Å². The molecule has 0 bridgehead atoms. The fourth-order valence-corrected chi connectivity index (χ4v) is 1.27. The van der Waals surface area contributed by atoms with Crippen LogP contribution in [0.15, 0.2) is 12.1 Å². The van der Waals surface area contributed by atoms with E-state index in [1.165, 1.54) is 6.07 Å². The van der Waals surface area contributed by atoms with Crippen molar-refractivity contribution in [1.82, 2.24) is 0 Å². The number of nitrogens with two attached hydrogens (primary N) is 1. The van der Waals surface area contributed by atoms with E-state index in [1.54, 1.807) is 0 Å². The summed E-state index contributed by atoms with van der Waals surface area (Å²) in [5.74, 6) is -1.21. The van der Waals surface area contributed by atoms with E-state index < -0.39 is 17.7 Å². The molecule has 1 unspecified atom stereocenters. The van der Waals surface area contributed by atoms with Crippen molar-refractivity contribution in [3.8, 4) is 5.75 Å². The second-order valence-electron chi connectivity index (χ2n) is 2.72. The molecule has 4 heteroatoms. The van der Waals surface area contributed by atoms with Gasteiger partial charge in [0.15, 0.2) is 11.6 Å². The molecule has 0 aromatic heterocycles. The third kappa shape index (κ3) is 0.956. The zero-order valence-electron chi connectivity index (χ0n) is 6.18. The first-order valence-electron chi connectivity index (χ1n) is 3.56. The van der Waals surface area contributed by atoms with Crippen LogP contribution in [0.1, 0.15) is 11.6 Å². The lowest BCUT2D eigenvalue weighted by atomic mass is 10.1. The number of fused-ring (bicyclic) bond motifs is 1. The molecule has 0 aliphatic carbocycles. The van der Waals surface area contributed by atoms with Gasteiger partial charge in [0.25, 0.3) is 0 Å². The lowest BCUT2D eigenvalue weighted by Gasteiger charge is -2.00. The van der Waals surface area contributed by atoms with Gasteiger partial charge >= 0.3 is 0 Å². The Labute approximate surface area is 67.9 Å². The first-order valence-corrected chi connectivity index (χ1v) is 3.56. The minimum Gasteiger partial charge on any atom is -0.488 e. The van der Waals surface area contributed by atoms with Crippen LogP contribution in [0, 0.1) is 11.6 Å². The van der Waals surface area contributed by atoms with Crippen LogP contribution in [0.2, 0.25) is 0 Å². The fraction of sp³-hybridized carbons (Fsp3) is 0.250. The summed E-state index contributed by atoms with van der Waals surface area (Å²) in [5.41, 5.74) is 5.94. The predicted molar refractivity (Wildman–Crippen MR) is 38.8 cm³/mol. The Balaban J connectivity index is 2.60. The van der Waals surface area contributed by atoms with E-state index in [0.717, 1.165) is 6.07 Å². The van der Waals surface area contributed by atoms with Crippen molar-refractivity contribution >= 4 is 0 Å². The van der Waals surface area contributed by atoms with Gasteiger partial charge in [-0.25, -0.2) is 8.78 Å². The van der Waals surface area contributed by atoms with E-state index in [2.05, 4.69) is 0 Å². The standard InChI is InChI=1S/C8H7F2NO/c9-4-1-5-7(11)3-12-8(5)6(10)2-4/h1-2,7H,3,11H2. The summed E-state index contributed by atoms with van der Waals surface area (Å²) in [6, 6.07) is 1.58. The number of ether oxygens (including phenoxy) is 1. The highest BCUT2D eigenvalue weighted by atomic mass is 19.1. The van der Waals surface area contributed by atoms with E-state index in [-0.39, 0.29) is 12.4 Å². The van der Waals surface area contributed by atoms with Gasteiger partial charge in [0.1, 0.15) is 12.4 Å². The molecule has 1 atom stereocenters. The predicted octanol–water partition coefficient (Wildman–Crippen LogP) is 1.36. The molecule has 64 valence electrons. The monoisotopic (exact) mass is 171 g/mol. The maximum Gasteiger partial charge on any atom is 0.168 e. The van der Waals surface area contributed by atoms with Crippen LogP contribution >= 0.6 is 0 Å². The van der Waals surface area contributed by atoms with Gasteiger partial charge in [0, 0.05) is 11.6 Å². The van der Waals surface area contributed by atoms with Crippen LogP contribution in [-0.4, -0.2) is 6.61 Å². The summed E-state index contributed by atoms with van der Waals surface area (Å²) < 4.78 is 30.5. The molecular weight excluding hydrogens is 164 g/mol. The average molecular weight is 171 g/mol. The lowest BCUT2D eigenvalue weighted by Crippen LogP contribution is -2.10. The molecule has 1 aliphatic heterocycles. The number of benzene rings is 1. The Kier molecular flexibility index (Phi) is 1.51. The maximum absolute atomic E-state index is 12.9. The largest absolute Gasteiger partial charge is 0.488 e. The highest BCUT2D eigenvalue weighted by Gasteiger charge is 2.24. The molecule has 0 amide bonds. The summed E-state index contributed by atoms with van der Waals surface area (Å²) in [5, 5.41) is 0. The molecule has 1 aromatic rings. The number of rotatable bonds is 0. The summed E-state index contributed by atoms with van der Waals surface area (Å²) in [6.45, 7) is 0.218. The van der Waals surface area contributed by atoms with E-state index in [1.807, 2.05) is 0 Å². The molecule has 1 heterocycles. The van der Waals surface area contributed by atoms with Gasteiger partial charge in [-0.1, -0.05) is 0 Å². The number of hydrogen-bond acceptors (Lipinski definition) is 2. The summed E-state index contributed by atoms with van der Waals surface area (Å²) in [6.07, 6.45) is 0. The molecule has 0 radical (unpaired) electrons. The molecule has 1 aliphatic rings. The van der Waals surface area contributed by atoms with Crippen LogP contribution in [0.3, 0.4) is 0 Å². The van der Waals surface area contributed by atoms with Crippen LogP contribution in [-0.2, 0) is 0 Å². The fourth-order valence-electron chi connectivity index (χ4n) is 1.27. The SMILES string of the molecule is NC1COc2c(F)cc(F)cc21. The van der Waals surface area contributed by atoms with Crippen molar-refractivity contribution in [2.75, 3.05) is 6.61 Å². The van der Waals surface area contributed by atoms with Crippen LogP contribution in [0.4, 0.5) is 8.78 Å². The zero-order valence-corrected chi connectivity index (χ0v) is 6.18. The second-order valence-corrected chi connectivity index (χ2v) is 2.72. The number of halogens is 2. The van der Waals surface area contributed by atoms with Crippen molar-refractivity contribution in [3.63, 3.8) is 0 Å². The third-order valence-corrected chi connectivity index (χ3v) is 1.84. The second kappa shape index (κ2) is 2.42. The van der Waals surface area contributed by atoms with E-state index in [4.69, 9.17) is 10.5 Å². The minimum absolute atomic E-state index is 0.0869. The highest BCUT2D eigenvalue weighted by molar-refractivity contribution is 5.40. The van der Waals surface area contributed by atoms with E-state index >= 15 is 0 Å². The summed E-state index contributed by atoms with van der Waals surface area (Å²) >= 11 is 0. The van der Waals surface area contributed by atoms with Crippen molar-refractivity contribution in [1.29, 1.82) is 0 Å². The van der Waals surface area contributed by atoms with Gasteiger partial charge in [0.2, 0.25) is 0 Å². The third-order valence-electron chi connectivity index (χ3n) is 1.84. The molecule has 12 heavy (non-hydrogen) atoms. The molecule has 0 spiro atoms. The van der Waals surface area contributed by atoms with Gasteiger partial charge in [-0.3, -0.25) is 0 Å². The molecule has 0 saturated heterocycles. The maximum atomic E-state index is 12.9. The molecule has 2 N–H and O–H groups in total. The zero-order chi connectivity index (χ0) is 8.72. The van der Waals surface area contributed by atoms with Gasteiger partial charge in [-0.05, 0) is 6.07 Å². The number of hydrogen-bond donors (Lipinski definition) is 1. The molecule has 0 saturated carbocycles. The van der Waals surface area contributed by atoms with Crippen molar-refractivity contribution in [3.05, 3.63) is 29.3 Å². The van der Waals surface area contributed by atoms with E-state index in [9.17, 15) is 8.78 Å². The van der Waals surface area contributed by atoms with Crippen molar-refractivity contribution in [2.24, 2.45) is 5.73 Å². The normalized spacial score (nSPS) is 20.4.